The Bertz CT molecular complexity index is 555. The molecule has 6 nitrogen and oxygen atoms in total. The molecule has 1 heterocycles. The summed E-state index contributed by atoms with van der Waals surface area (Å²) in [5.41, 5.74) is 0. The SMILES string of the molecule is CC1C(=O)NC(=S)N(COCCO)C1Sc1cccc(O)c1. The molecule has 0 aliphatic carbocycles. The third-order valence-electron chi connectivity index (χ3n) is 3.18. The van der Waals surface area contributed by atoms with E-state index >= 15 is 0 Å². The molecule has 0 bridgehead atoms. The van der Waals surface area contributed by atoms with Crippen molar-refractivity contribution in [2.75, 3.05) is 19.9 Å². The van der Waals surface area contributed by atoms with Gasteiger partial charge in [-0.2, -0.15) is 0 Å². The van der Waals surface area contributed by atoms with Crippen molar-refractivity contribution < 1.29 is 19.7 Å². The summed E-state index contributed by atoms with van der Waals surface area (Å²) in [5, 5.41) is 21.1. The molecule has 1 fully saturated rings. The number of carbonyl (C=O) groups excluding carboxylic acids is 1. The minimum Gasteiger partial charge on any atom is -0.508 e. The summed E-state index contributed by atoms with van der Waals surface area (Å²) in [7, 11) is 0. The first kappa shape index (κ1) is 17.0. The molecule has 0 radical (unpaired) electrons. The number of thioether (sulfide) groups is 1. The van der Waals surface area contributed by atoms with Crippen LogP contribution in [-0.2, 0) is 9.53 Å². The van der Waals surface area contributed by atoms with Crippen molar-refractivity contribution in [3.63, 3.8) is 0 Å². The topological polar surface area (TPSA) is 82.0 Å². The van der Waals surface area contributed by atoms with Crippen molar-refractivity contribution in [1.82, 2.24) is 10.2 Å². The van der Waals surface area contributed by atoms with E-state index in [0.717, 1.165) is 4.90 Å². The highest BCUT2D eigenvalue weighted by Gasteiger charge is 2.37. The number of hydrogen-bond acceptors (Lipinski definition) is 6. The number of phenols is 1. The molecule has 120 valence electrons. The second-order valence-electron chi connectivity index (χ2n) is 4.82. The van der Waals surface area contributed by atoms with Gasteiger partial charge >= 0.3 is 0 Å². The molecular formula is C14H18N2O4S2. The largest absolute Gasteiger partial charge is 0.508 e. The van der Waals surface area contributed by atoms with Crippen molar-refractivity contribution in [1.29, 1.82) is 0 Å². The van der Waals surface area contributed by atoms with Crippen molar-refractivity contribution >= 4 is 35.0 Å². The summed E-state index contributed by atoms with van der Waals surface area (Å²) >= 11 is 6.65. The van der Waals surface area contributed by atoms with E-state index in [9.17, 15) is 9.90 Å². The van der Waals surface area contributed by atoms with Crippen LogP contribution in [-0.4, -0.2) is 51.5 Å². The summed E-state index contributed by atoms with van der Waals surface area (Å²) < 4.78 is 5.34. The predicted molar refractivity (Wildman–Crippen MR) is 87.4 cm³/mol. The lowest BCUT2D eigenvalue weighted by molar-refractivity contribution is -0.125. The lowest BCUT2D eigenvalue weighted by atomic mass is 10.1. The van der Waals surface area contributed by atoms with Crippen LogP contribution >= 0.6 is 24.0 Å². The van der Waals surface area contributed by atoms with Gasteiger partial charge in [0.25, 0.3) is 0 Å². The van der Waals surface area contributed by atoms with E-state index in [1.54, 1.807) is 23.1 Å². The Morgan fingerprint density at radius 1 is 1.50 bits per heavy atom. The monoisotopic (exact) mass is 342 g/mol. The number of nitrogens with zero attached hydrogens (tertiary/aromatic N) is 1. The number of thiocarbonyl (C=S) groups is 1. The number of aliphatic hydroxyl groups excluding tert-OH is 1. The van der Waals surface area contributed by atoms with Crippen LogP contribution in [0.4, 0.5) is 0 Å². The van der Waals surface area contributed by atoms with Gasteiger partial charge in [0.1, 0.15) is 12.5 Å². The Hall–Kier alpha value is -1.35. The molecule has 0 spiro atoms. The fourth-order valence-electron chi connectivity index (χ4n) is 2.03. The van der Waals surface area contributed by atoms with Gasteiger partial charge in [0.2, 0.25) is 5.91 Å². The van der Waals surface area contributed by atoms with E-state index in [4.69, 9.17) is 22.1 Å². The molecule has 1 amide bonds. The molecule has 1 aromatic carbocycles. The third kappa shape index (κ3) is 4.10. The lowest BCUT2D eigenvalue weighted by Gasteiger charge is -2.40. The first-order valence-corrected chi connectivity index (χ1v) is 8.07. The van der Waals surface area contributed by atoms with Gasteiger partial charge in [-0.1, -0.05) is 24.8 Å². The molecule has 2 unspecified atom stereocenters. The molecule has 1 aliphatic rings. The standard InChI is InChI=1S/C14H18N2O4S2/c1-9-12(19)15-14(21)16(8-20-6-5-17)13(9)22-11-4-2-3-10(18)7-11/h2-4,7,9,13,17-18H,5-6,8H2,1H3,(H,15,19,21). The molecule has 1 aromatic rings. The number of hydrogen-bond donors (Lipinski definition) is 3. The zero-order chi connectivity index (χ0) is 16.1. The minimum atomic E-state index is -0.309. The number of nitrogens with one attached hydrogen (secondary N) is 1. The maximum atomic E-state index is 12.0. The van der Waals surface area contributed by atoms with E-state index in [1.807, 2.05) is 13.0 Å². The van der Waals surface area contributed by atoms with Crippen LogP contribution in [0.3, 0.4) is 0 Å². The lowest BCUT2D eigenvalue weighted by Crippen LogP contribution is -2.58. The zero-order valence-electron chi connectivity index (χ0n) is 12.1. The summed E-state index contributed by atoms with van der Waals surface area (Å²) in [6.45, 7) is 2.12. The Kier molecular flexibility index (Phi) is 6.01. The molecule has 1 aliphatic heterocycles. The van der Waals surface area contributed by atoms with E-state index in [-0.39, 0.29) is 42.9 Å². The molecule has 2 atom stereocenters. The fraction of sp³-hybridized carbons (Fsp3) is 0.429. The highest BCUT2D eigenvalue weighted by Crippen LogP contribution is 2.34. The Morgan fingerprint density at radius 3 is 2.95 bits per heavy atom. The number of benzene rings is 1. The second-order valence-corrected chi connectivity index (χ2v) is 6.40. The van der Waals surface area contributed by atoms with Crippen LogP contribution in [0, 0.1) is 5.92 Å². The molecule has 8 heteroatoms. The van der Waals surface area contributed by atoms with Gasteiger partial charge in [0.05, 0.1) is 24.5 Å². The summed E-state index contributed by atoms with van der Waals surface area (Å²) in [5.74, 6) is -0.276. The van der Waals surface area contributed by atoms with Gasteiger partial charge in [-0.15, -0.1) is 0 Å². The second kappa shape index (κ2) is 7.77. The first-order chi connectivity index (χ1) is 10.5. The Labute approximate surface area is 138 Å². The highest BCUT2D eigenvalue weighted by molar-refractivity contribution is 8.00. The van der Waals surface area contributed by atoms with Crippen molar-refractivity contribution in [3.05, 3.63) is 24.3 Å². The number of aromatic hydroxyl groups is 1. The maximum Gasteiger partial charge on any atom is 0.231 e. The normalized spacial score (nSPS) is 21.8. The number of rotatable bonds is 6. The molecule has 0 saturated carbocycles. The van der Waals surface area contributed by atoms with Crippen LogP contribution in [0.2, 0.25) is 0 Å². The number of aliphatic hydroxyl groups is 1. The molecule has 22 heavy (non-hydrogen) atoms. The number of amides is 1. The van der Waals surface area contributed by atoms with Crippen molar-refractivity contribution in [3.8, 4) is 5.75 Å². The molecule has 3 N–H and O–H groups in total. The molecule has 2 rings (SSSR count). The van der Waals surface area contributed by atoms with Crippen molar-refractivity contribution in [2.24, 2.45) is 5.92 Å². The summed E-state index contributed by atoms with van der Waals surface area (Å²) in [6, 6.07) is 6.84. The molecular weight excluding hydrogens is 324 g/mol. The number of ether oxygens (including phenoxy) is 1. The van der Waals surface area contributed by atoms with Crippen LogP contribution < -0.4 is 5.32 Å². The minimum absolute atomic E-state index is 0.0765. The highest BCUT2D eigenvalue weighted by atomic mass is 32.2. The maximum absolute atomic E-state index is 12.0. The third-order valence-corrected chi connectivity index (χ3v) is 4.95. The predicted octanol–water partition coefficient (Wildman–Crippen LogP) is 1.13. The average molecular weight is 342 g/mol. The average Bonchev–Trinajstić information content (AvgIpc) is 2.48. The molecule has 0 aromatic heterocycles. The van der Waals surface area contributed by atoms with Crippen LogP contribution in [0.25, 0.3) is 0 Å². The van der Waals surface area contributed by atoms with Gasteiger partial charge in [0.15, 0.2) is 5.11 Å². The Morgan fingerprint density at radius 2 is 2.27 bits per heavy atom. The summed E-state index contributed by atoms with van der Waals surface area (Å²) in [6.07, 6.45) is 0. The van der Waals surface area contributed by atoms with Gasteiger partial charge in [-0.25, -0.2) is 0 Å². The van der Waals surface area contributed by atoms with Crippen molar-refractivity contribution in [2.45, 2.75) is 17.2 Å². The smallest absolute Gasteiger partial charge is 0.231 e. The van der Waals surface area contributed by atoms with E-state index < -0.39 is 0 Å². The number of phenolic OH excluding ortho intramolecular Hbond substituents is 1. The van der Waals surface area contributed by atoms with Gasteiger partial charge in [-0.05, 0) is 30.4 Å². The van der Waals surface area contributed by atoms with Gasteiger partial charge < -0.3 is 25.2 Å². The van der Waals surface area contributed by atoms with E-state index in [2.05, 4.69) is 5.32 Å². The Balaban J connectivity index is 2.16. The number of carbonyl (C=O) groups is 1. The first-order valence-electron chi connectivity index (χ1n) is 6.78. The zero-order valence-corrected chi connectivity index (χ0v) is 13.7. The van der Waals surface area contributed by atoms with Crippen LogP contribution in [0.1, 0.15) is 6.92 Å². The fourth-order valence-corrected chi connectivity index (χ4v) is 3.61. The molecule has 1 saturated heterocycles. The van der Waals surface area contributed by atoms with E-state index in [1.165, 1.54) is 11.8 Å². The van der Waals surface area contributed by atoms with Crippen LogP contribution in [0.5, 0.6) is 5.75 Å². The summed E-state index contributed by atoms with van der Waals surface area (Å²) in [4.78, 5) is 14.6. The van der Waals surface area contributed by atoms with E-state index in [0.29, 0.717) is 5.11 Å². The van der Waals surface area contributed by atoms with Crippen LogP contribution in [0.15, 0.2) is 29.2 Å². The van der Waals surface area contributed by atoms with Gasteiger partial charge in [-0.3, -0.25) is 4.79 Å². The van der Waals surface area contributed by atoms with Gasteiger partial charge in [0, 0.05) is 4.90 Å². The quantitative estimate of drug-likeness (QED) is 0.528.